The molecule has 1 heterocycles. The van der Waals surface area contributed by atoms with Crippen LogP contribution in [0.4, 0.5) is 0 Å². The first-order valence-electron chi connectivity index (χ1n) is 13.9. The summed E-state index contributed by atoms with van der Waals surface area (Å²) in [7, 11) is 0. The lowest BCUT2D eigenvalue weighted by molar-refractivity contribution is 0.236. The number of rotatable bonds is 14. The molecule has 2 nitrogen and oxygen atoms in total. The molecule has 1 aliphatic carbocycles. The number of ether oxygens (including phenoxy) is 1. The minimum atomic E-state index is 0.535. The van der Waals surface area contributed by atoms with Crippen LogP contribution in [0.25, 0.3) is 11.1 Å². The van der Waals surface area contributed by atoms with Gasteiger partial charge < -0.3 is 4.74 Å². The van der Waals surface area contributed by atoms with Crippen molar-refractivity contribution in [3.8, 4) is 16.9 Å². The van der Waals surface area contributed by atoms with E-state index in [2.05, 4.69) is 62.3 Å². The Morgan fingerprint density at radius 2 is 1.58 bits per heavy atom. The second-order valence-corrected chi connectivity index (χ2v) is 10.3. The zero-order valence-corrected chi connectivity index (χ0v) is 21.5. The Balaban J connectivity index is 1.64. The van der Waals surface area contributed by atoms with Gasteiger partial charge in [-0.25, -0.2) is 0 Å². The fourth-order valence-electron chi connectivity index (χ4n) is 5.63. The van der Waals surface area contributed by atoms with Crippen molar-refractivity contribution in [3.05, 3.63) is 48.3 Å². The van der Waals surface area contributed by atoms with Gasteiger partial charge in [0, 0.05) is 18.0 Å². The van der Waals surface area contributed by atoms with Gasteiger partial charge in [-0.1, -0.05) is 103 Å². The van der Waals surface area contributed by atoms with Gasteiger partial charge in [0.05, 0.1) is 6.61 Å². The Morgan fingerprint density at radius 3 is 2.33 bits per heavy atom. The van der Waals surface area contributed by atoms with Gasteiger partial charge >= 0.3 is 0 Å². The van der Waals surface area contributed by atoms with E-state index in [1.807, 2.05) is 6.20 Å². The normalized spacial score (nSPS) is 19.4. The second kappa shape index (κ2) is 14.4. The van der Waals surface area contributed by atoms with Crippen molar-refractivity contribution < 1.29 is 4.74 Å². The molecule has 2 aromatic rings. The summed E-state index contributed by atoms with van der Waals surface area (Å²) in [5.41, 5.74) is 3.93. The first-order valence-corrected chi connectivity index (χ1v) is 13.9. The van der Waals surface area contributed by atoms with E-state index in [-0.39, 0.29) is 0 Å². The third-order valence-electron chi connectivity index (χ3n) is 7.84. The molecule has 1 saturated carbocycles. The van der Waals surface area contributed by atoms with Gasteiger partial charge in [-0.3, -0.25) is 4.98 Å². The van der Waals surface area contributed by atoms with Crippen LogP contribution in [0, 0.1) is 11.8 Å². The zero-order valence-electron chi connectivity index (χ0n) is 21.5. The average Bonchev–Trinajstić information content (AvgIpc) is 2.87. The smallest absolute Gasteiger partial charge is 0.127 e. The molecule has 0 N–H and O–H groups in total. The highest BCUT2D eigenvalue weighted by Crippen LogP contribution is 2.43. The lowest BCUT2D eigenvalue weighted by atomic mass is 9.72. The number of unbranched alkanes of at least 4 members (excludes halogenated alkanes) is 6. The van der Waals surface area contributed by atoms with E-state index in [1.54, 1.807) is 0 Å². The Labute approximate surface area is 203 Å². The second-order valence-electron chi connectivity index (χ2n) is 10.3. The fraction of sp³-hybridized carbons (Fsp3) is 0.645. The molecule has 1 atom stereocenters. The lowest BCUT2D eigenvalue weighted by Crippen LogP contribution is -2.19. The molecule has 3 rings (SSSR count). The van der Waals surface area contributed by atoms with Crippen molar-refractivity contribution in [2.24, 2.45) is 11.8 Å². The van der Waals surface area contributed by atoms with Crippen LogP contribution in [0.5, 0.6) is 5.75 Å². The molecule has 1 aromatic carbocycles. The highest BCUT2D eigenvalue weighted by atomic mass is 16.5. The van der Waals surface area contributed by atoms with Crippen LogP contribution in [0.2, 0.25) is 0 Å². The molecule has 0 bridgehead atoms. The molecule has 0 saturated heterocycles. The summed E-state index contributed by atoms with van der Waals surface area (Å²) in [5.74, 6) is 3.28. The minimum Gasteiger partial charge on any atom is -0.493 e. The first-order chi connectivity index (χ1) is 16.2. The minimum absolute atomic E-state index is 0.535. The third-order valence-corrected chi connectivity index (χ3v) is 7.84. The number of nitrogens with zero attached hydrogens (tertiary/aromatic N) is 1. The topological polar surface area (TPSA) is 22.1 Å². The summed E-state index contributed by atoms with van der Waals surface area (Å²) >= 11 is 0. The highest BCUT2D eigenvalue weighted by molar-refractivity contribution is 5.73. The molecular formula is C31H47NO. The van der Waals surface area contributed by atoms with Crippen LogP contribution in [0.15, 0.2) is 42.7 Å². The molecule has 1 aliphatic rings. The van der Waals surface area contributed by atoms with Gasteiger partial charge in [-0.05, 0) is 60.3 Å². The molecule has 0 aliphatic heterocycles. The van der Waals surface area contributed by atoms with Crippen molar-refractivity contribution in [1.82, 2.24) is 4.98 Å². The predicted octanol–water partition coefficient (Wildman–Crippen LogP) is 9.59. The van der Waals surface area contributed by atoms with Crippen molar-refractivity contribution in [3.63, 3.8) is 0 Å². The third kappa shape index (κ3) is 7.87. The molecule has 1 fully saturated rings. The maximum atomic E-state index is 6.27. The molecule has 182 valence electrons. The summed E-state index contributed by atoms with van der Waals surface area (Å²) in [6.45, 7) is 7.79. The van der Waals surface area contributed by atoms with E-state index in [9.17, 15) is 0 Å². The monoisotopic (exact) mass is 449 g/mol. The molecular weight excluding hydrogens is 402 g/mol. The lowest BCUT2D eigenvalue weighted by Gasteiger charge is -2.33. The van der Waals surface area contributed by atoms with E-state index in [1.165, 1.54) is 93.7 Å². The van der Waals surface area contributed by atoms with Gasteiger partial charge in [-0.2, -0.15) is 0 Å². The number of hydrogen-bond acceptors (Lipinski definition) is 2. The van der Waals surface area contributed by atoms with Crippen molar-refractivity contribution in [2.75, 3.05) is 6.61 Å². The number of para-hydroxylation sites is 1. The summed E-state index contributed by atoms with van der Waals surface area (Å²) in [5, 5.41) is 0. The molecule has 1 unspecified atom stereocenters. The van der Waals surface area contributed by atoms with Crippen molar-refractivity contribution in [2.45, 2.75) is 110 Å². The summed E-state index contributed by atoms with van der Waals surface area (Å²) in [4.78, 5) is 4.54. The van der Waals surface area contributed by atoms with Crippen LogP contribution in [-0.2, 0) is 0 Å². The number of pyridine rings is 1. The van der Waals surface area contributed by atoms with E-state index in [0.717, 1.165) is 30.6 Å². The van der Waals surface area contributed by atoms with Gasteiger partial charge in [-0.15, -0.1) is 0 Å². The van der Waals surface area contributed by atoms with Crippen molar-refractivity contribution in [1.29, 1.82) is 0 Å². The van der Waals surface area contributed by atoms with Gasteiger partial charge in [0.1, 0.15) is 5.75 Å². The maximum absolute atomic E-state index is 6.27. The SMILES string of the molecule is CCCCCCOc1ccccc1-c1ccncc1C(C)C1CCC(CCCCCC)CC1. The first kappa shape index (κ1) is 25.8. The molecule has 0 amide bonds. The zero-order chi connectivity index (χ0) is 23.3. The molecule has 0 spiro atoms. The fourth-order valence-corrected chi connectivity index (χ4v) is 5.63. The Morgan fingerprint density at radius 1 is 0.848 bits per heavy atom. The van der Waals surface area contributed by atoms with Crippen molar-refractivity contribution >= 4 is 0 Å². The molecule has 33 heavy (non-hydrogen) atoms. The molecule has 2 heteroatoms. The van der Waals surface area contributed by atoms with E-state index >= 15 is 0 Å². The van der Waals surface area contributed by atoms with Gasteiger partial charge in [0.15, 0.2) is 0 Å². The molecule has 1 aromatic heterocycles. The average molecular weight is 450 g/mol. The quantitative estimate of drug-likeness (QED) is 0.268. The van der Waals surface area contributed by atoms with E-state index < -0.39 is 0 Å². The summed E-state index contributed by atoms with van der Waals surface area (Å²) < 4.78 is 6.27. The largest absolute Gasteiger partial charge is 0.493 e. The van der Waals surface area contributed by atoms with Crippen LogP contribution >= 0.6 is 0 Å². The number of hydrogen-bond donors (Lipinski definition) is 0. The van der Waals surface area contributed by atoms with Crippen LogP contribution < -0.4 is 4.74 Å². The van der Waals surface area contributed by atoms with Crippen LogP contribution in [-0.4, -0.2) is 11.6 Å². The summed E-state index contributed by atoms with van der Waals surface area (Å²) in [6.07, 6.45) is 21.6. The van der Waals surface area contributed by atoms with E-state index in [4.69, 9.17) is 4.74 Å². The Hall–Kier alpha value is -1.83. The Kier molecular flexibility index (Phi) is 11.3. The standard InChI is InChI=1S/C31H47NO/c1-4-6-8-10-14-26-17-19-27(20-18-26)25(3)30-24-32-22-21-28(30)29-15-11-12-16-31(29)33-23-13-9-7-5-2/h11-12,15-16,21-22,24-27H,4-10,13-14,17-20,23H2,1-3H3. The van der Waals surface area contributed by atoms with Gasteiger partial charge in [0.25, 0.3) is 0 Å². The molecule has 0 radical (unpaired) electrons. The van der Waals surface area contributed by atoms with E-state index in [0.29, 0.717) is 5.92 Å². The Bertz CT molecular complexity index is 793. The van der Waals surface area contributed by atoms with Crippen LogP contribution in [0.1, 0.15) is 116 Å². The predicted molar refractivity (Wildman–Crippen MR) is 142 cm³/mol. The number of aromatic nitrogens is 1. The van der Waals surface area contributed by atoms with Crippen LogP contribution in [0.3, 0.4) is 0 Å². The maximum Gasteiger partial charge on any atom is 0.127 e. The highest BCUT2D eigenvalue weighted by Gasteiger charge is 2.27. The van der Waals surface area contributed by atoms with Gasteiger partial charge in [0.2, 0.25) is 0 Å². The number of benzene rings is 1. The summed E-state index contributed by atoms with van der Waals surface area (Å²) in [6, 6.07) is 10.8.